The van der Waals surface area contributed by atoms with Crippen LogP contribution in [0.3, 0.4) is 0 Å². The summed E-state index contributed by atoms with van der Waals surface area (Å²) in [6.45, 7) is 7.86. The van der Waals surface area contributed by atoms with E-state index < -0.39 is 47.3 Å². The van der Waals surface area contributed by atoms with Crippen LogP contribution >= 0.6 is 23.4 Å². The quantitative estimate of drug-likeness (QED) is 0.290. The van der Waals surface area contributed by atoms with Crippen molar-refractivity contribution in [2.75, 3.05) is 39.0 Å². The van der Waals surface area contributed by atoms with Crippen molar-refractivity contribution in [1.29, 1.82) is 0 Å². The number of nitrogens with zero attached hydrogens (tertiary/aromatic N) is 1. The molecule has 0 bridgehead atoms. The van der Waals surface area contributed by atoms with E-state index in [4.69, 9.17) is 21.1 Å². The molecule has 11 heteroatoms. The molecule has 31 heavy (non-hydrogen) atoms. The molecule has 1 amide bonds. The van der Waals surface area contributed by atoms with Crippen molar-refractivity contribution in [2.45, 2.75) is 73.7 Å². The number of carbonyl (C=O) groups excluding carboxylic acids is 1. The second kappa shape index (κ2) is 11.3. The fourth-order valence-corrected chi connectivity index (χ4v) is 5.65. The first-order valence-corrected chi connectivity index (χ1v) is 12.7. The molecular weight excluding hydrogens is 446 g/mol. The van der Waals surface area contributed by atoms with E-state index in [1.54, 1.807) is 13.2 Å². The molecule has 180 valence electrons. The molecule has 3 fully saturated rings. The third-order valence-electron chi connectivity index (χ3n) is 6.42. The van der Waals surface area contributed by atoms with Gasteiger partial charge in [-0.1, -0.05) is 6.92 Å². The van der Waals surface area contributed by atoms with E-state index >= 15 is 0 Å². The molecular formula is C20H36ClN3O6S. The van der Waals surface area contributed by atoms with Crippen molar-refractivity contribution in [3.8, 4) is 0 Å². The molecule has 0 spiro atoms. The SMILES string of the molecule is CCCN1CCO[C@@H]2[C@H](CN[C@@H]2C(=O)N[C@@H](C2OC(SC)C(O)C(O)C2O)[C@H](C)Cl)C1. The molecule has 0 radical (unpaired) electrons. The van der Waals surface area contributed by atoms with Gasteiger partial charge in [0.25, 0.3) is 0 Å². The first-order chi connectivity index (χ1) is 14.8. The number of halogens is 1. The summed E-state index contributed by atoms with van der Waals surface area (Å²) in [6, 6.07) is -1.29. The molecule has 3 aliphatic heterocycles. The predicted molar refractivity (Wildman–Crippen MR) is 119 cm³/mol. The molecule has 0 aromatic carbocycles. The van der Waals surface area contributed by atoms with Crippen LogP contribution in [0.4, 0.5) is 0 Å². The molecule has 3 aliphatic rings. The molecule has 3 rings (SSSR count). The number of rotatable bonds is 7. The Morgan fingerprint density at radius 1 is 1.32 bits per heavy atom. The average molecular weight is 482 g/mol. The minimum atomic E-state index is -1.39. The van der Waals surface area contributed by atoms with E-state index in [0.717, 1.165) is 26.1 Å². The second-order valence-corrected chi connectivity index (χ2v) is 10.3. The number of ether oxygens (including phenoxy) is 2. The summed E-state index contributed by atoms with van der Waals surface area (Å²) in [5.41, 5.74) is -0.734. The van der Waals surface area contributed by atoms with Crippen LogP contribution in [0.2, 0.25) is 0 Å². The lowest BCUT2D eigenvalue weighted by molar-refractivity contribution is -0.205. The summed E-state index contributed by atoms with van der Waals surface area (Å²) in [7, 11) is 0. The minimum Gasteiger partial charge on any atom is -0.388 e. The van der Waals surface area contributed by atoms with Gasteiger partial charge in [0, 0.05) is 25.6 Å². The van der Waals surface area contributed by atoms with E-state index in [2.05, 4.69) is 22.5 Å². The highest BCUT2D eigenvalue weighted by atomic mass is 35.5. The monoisotopic (exact) mass is 481 g/mol. The number of aliphatic hydroxyl groups is 3. The lowest BCUT2D eigenvalue weighted by Gasteiger charge is -2.44. The van der Waals surface area contributed by atoms with Crippen molar-refractivity contribution in [3.63, 3.8) is 0 Å². The largest absolute Gasteiger partial charge is 0.388 e. The first-order valence-electron chi connectivity index (χ1n) is 11.0. The molecule has 0 saturated carbocycles. The number of thioether (sulfide) groups is 1. The molecule has 3 heterocycles. The van der Waals surface area contributed by atoms with E-state index in [0.29, 0.717) is 13.2 Å². The molecule has 9 nitrogen and oxygen atoms in total. The summed E-state index contributed by atoms with van der Waals surface area (Å²) >= 11 is 7.59. The number of hydrogen-bond donors (Lipinski definition) is 5. The molecule has 3 saturated heterocycles. The number of hydrogen-bond acceptors (Lipinski definition) is 9. The van der Waals surface area contributed by atoms with Crippen molar-refractivity contribution >= 4 is 29.3 Å². The van der Waals surface area contributed by atoms with Crippen LogP contribution in [-0.4, -0.2) is 119 Å². The normalized spacial score (nSPS) is 41.3. The van der Waals surface area contributed by atoms with Crippen LogP contribution in [0.1, 0.15) is 20.3 Å². The average Bonchev–Trinajstić information content (AvgIpc) is 3.02. The Hall–Kier alpha value is -0.170. The summed E-state index contributed by atoms with van der Waals surface area (Å²) in [5.74, 6) is -0.0582. The summed E-state index contributed by atoms with van der Waals surface area (Å²) in [5, 5.41) is 36.5. The van der Waals surface area contributed by atoms with Gasteiger partial charge in [0.1, 0.15) is 35.9 Å². The smallest absolute Gasteiger partial charge is 0.240 e. The van der Waals surface area contributed by atoms with Crippen molar-refractivity contribution in [2.24, 2.45) is 5.92 Å². The Balaban J connectivity index is 1.68. The van der Waals surface area contributed by atoms with Crippen molar-refractivity contribution in [3.05, 3.63) is 0 Å². The number of alkyl halides is 1. The van der Waals surface area contributed by atoms with Gasteiger partial charge in [0.15, 0.2) is 0 Å². The third-order valence-corrected chi connectivity index (χ3v) is 7.55. The zero-order valence-corrected chi connectivity index (χ0v) is 19.9. The zero-order valence-electron chi connectivity index (χ0n) is 18.3. The van der Waals surface area contributed by atoms with E-state index in [-0.39, 0.29) is 17.9 Å². The predicted octanol–water partition coefficient (Wildman–Crippen LogP) is -1.03. The number of aliphatic hydroxyl groups excluding tert-OH is 3. The van der Waals surface area contributed by atoms with Crippen LogP contribution in [-0.2, 0) is 14.3 Å². The van der Waals surface area contributed by atoms with Gasteiger partial charge < -0.3 is 40.3 Å². The minimum absolute atomic E-state index is 0.214. The summed E-state index contributed by atoms with van der Waals surface area (Å²) < 4.78 is 11.9. The van der Waals surface area contributed by atoms with E-state index in [1.807, 2.05) is 0 Å². The zero-order chi connectivity index (χ0) is 22.7. The molecule has 10 atom stereocenters. The highest BCUT2D eigenvalue weighted by molar-refractivity contribution is 7.99. The topological polar surface area (TPSA) is 124 Å². The fraction of sp³-hybridized carbons (Fsp3) is 0.950. The van der Waals surface area contributed by atoms with Gasteiger partial charge in [-0.15, -0.1) is 23.4 Å². The standard InChI is InChI=1S/C20H36ClN3O6S/c1-4-5-24-6-7-29-17-11(9-24)8-22-13(17)19(28)23-12(10(2)21)18-15(26)14(25)16(27)20(30-18)31-3/h10-18,20,22,25-27H,4-9H2,1-3H3,(H,23,28)/t10-,11+,12+,13-,14?,15?,16?,17+,18?,20?/m0/s1. The number of fused-ring (bicyclic) bond motifs is 1. The maximum atomic E-state index is 13.2. The van der Waals surface area contributed by atoms with Gasteiger partial charge in [-0.2, -0.15) is 0 Å². The van der Waals surface area contributed by atoms with Crippen molar-refractivity contribution < 1.29 is 29.6 Å². The maximum absolute atomic E-state index is 13.2. The molecule has 0 aromatic heterocycles. The Kier molecular flexibility index (Phi) is 9.28. The van der Waals surface area contributed by atoms with Crippen LogP contribution in [0.25, 0.3) is 0 Å². The lowest BCUT2D eigenvalue weighted by Crippen LogP contribution is -2.65. The van der Waals surface area contributed by atoms with Gasteiger partial charge in [-0.25, -0.2) is 0 Å². The second-order valence-electron chi connectivity index (χ2n) is 8.67. The maximum Gasteiger partial charge on any atom is 0.240 e. The van der Waals surface area contributed by atoms with Crippen LogP contribution in [0, 0.1) is 5.92 Å². The van der Waals surface area contributed by atoms with E-state index in [9.17, 15) is 20.1 Å². The Bertz CT molecular complexity index is 603. The first kappa shape index (κ1) is 25.5. The van der Waals surface area contributed by atoms with Gasteiger partial charge in [0.2, 0.25) is 5.91 Å². The fourth-order valence-electron chi connectivity index (χ4n) is 4.76. The van der Waals surface area contributed by atoms with Crippen molar-refractivity contribution in [1.82, 2.24) is 15.5 Å². The van der Waals surface area contributed by atoms with Crippen LogP contribution in [0.15, 0.2) is 0 Å². The Morgan fingerprint density at radius 2 is 2.06 bits per heavy atom. The molecule has 0 aliphatic carbocycles. The van der Waals surface area contributed by atoms with E-state index in [1.165, 1.54) is 11.8 Å². The van der Waals surface area contributed by atoms with Gasteiger partial charge in [-0.3, -0.25) is 4.79 Å². The number of amides is 1. The van der Waals surface area contributed by atoms with Gasteiger partial charge >= 0.3 is 0 Å². The summed E-state index contributed by atoms with van der Waals surface area (Å²) in [4.78, 5) is 15.6. The number of nitrogens with one attached hydrogen (secondary N) is 2. The molecule has 0 aromatic rings. The Labute approximate surface area is 193 Å². The Morgan fingerprint density at radius 3 is 2.71 bits per heavy atom. The molecule has 5 unspecified atom stereocenters. The highest BCUT2D eigenvalue weighted by Gasteiger charge is 2.49. The molecule has 5 N–H and O–H groups in total. The number of carbonyl (C=O) groups is 1. The summed E-state index contributed by atoms with van der Waals surface area (Å²) in [6.07, 6.45) is -2.39. The lowest BCUT2D eigenvalue weighted by atomic mass is 9.92. The van der Waals surface area contributed by atoms with Crippen LogP contribution < -0.4 is 10.6 Å². The van der Waals surface area contributed by atoms with Gasteiger partial charge in [-0.05, 0) is 26.1 Å². The van der Waals surface area contributed by atoms with Crippen LogP contribution in [0.5, 0.6) is 0 Å². The van der Waals surface area contributed by atoms with Gasteiger partial charge in [0.05, 0.1) is 24.1 Å². The third kappa shape index (κ3) is 5.67. The highest BCUT2D eigenvalue weighted by Crippen LogP contribution is 2.30.